The molecular formula is C23H28ClN3O5S. The molecule has 0 aliphatic carbocycles. The van der Waals surface area contributed by atoms with E-state index in [0.29, 0.717) is 22.6 Å². The minimum Gasteiger partial charge on any atom is -0.357 e. The van der Waals surface area contributed by atoms with Crippen LogP contribution in [-0.2, 0) is 26.2 Å². The summed E-state index contributed by atoms with van der Waals surface area (Å²) in [6, 6.07) is 12.2. The summed E-state index contributed by atoms with van der Waals surface area (Å²) < 4.78 is 26.1. The monoisotopic (exact) mass is 493 g/mol. The van der Waals surface area contributed by atoms with Crippen molar-refractivity contribution >= 4 is 44.9 Å². The number of nitrogens with zero attached hydrogens (tertiary/aromatic N) is 2. The second-order valence-electron chi connectivity index (χ2n) is 7.53. The smallest absolute Gasteiger partial charge is 0.244 e. The van der Waals surface area contributed by atoms with Crippen LogP contribution in [0.5, 0.6) is 0 Å². The van der Waals surface area contributed by atoms with E-state index in [9.17, 15) is 22.8 Å². The number of hydrogen-bond acceptors (Lipinski definition) is 5. The maximum Gasteiger partial charge on any atom is 0.244 e. The summed E-state index contributed by atoms with van der Waals surface area (Å²) in [5.74, 6) is -1.19. The Morgan fingerprint density at radius 2 is 1.76 bits per heavy atom. The van der Waals surface area contributed by atoms with Gasteiger partial charge in [0.05, 0.1) is 11.9 Å². The molecule has 0 saturated carbocycles. The van der Waals surface area contributed by atoms with Crippen LogP contribution in [0.4, 0.5) is 5.69 Å². The molecule has 0 unspecified atom stereocenters. The number of hydrogen-bond donors (Lipinski definition) is 1. The van der Waals surface area contributed by atoms with Crippen LogP contribution < -0.4 is 9.62 Å². The zero-order valence-electron chi connectivity index (χ0n) is 19.0. The lowest BCUT2D eigenvalue weighted by Crippen LogP contribution is -2.51. The van der Waals surface area contributed by atoms with E-state index in [2.05, 4.69) is 5.32 Å². The quantitative estimate of drug-likeness (QED) is 0.512. The van der Waals surface area contributed by atoms with Crippen molar-refractivity contribution in [2.45, 2.75) is 32.9 Å². The topological polar surface area (TPSA) is 104 Å². The molecule has 2 rings (SSSR count). The first-order chi connectivity index (χ1) is 15.5. The Hall–Kier alpha value is -2.91. The number of amides is 2. The van der Waals surface area contributed by atoms with Gasteiger partial charge in [-0.05, 0) is 37.1 Å². The van der Waals surface area contributed by atoms with Crippen molar-refractivity contribution in [1.29, 1.82) is 0 Å². The summed E-state index contributed by atoms with van der Waals surface area (Å²) in [5, 5.41) is 2.98. The first kappa shape index (κ1) is 26.3. The summed E-state index contributed by atoms with van der Waals surface area (Å²) >= 11 is 6.28. The van der Waals surface area contributed by atoms with E-state index in [1.165, 1.54) is 31.0 Å². The lowest BCUT2D eigenvalue weighted by atomic mass is 10.1. The van der Waals surface area contributed by atoms with Crippen molar-refractivity contribution in [3.63, 3.8) is 0 Å². The van der Waals surface area contributed by atoms with Gasteiger partial charge in [0.1, 0.15) is 12.6 Å². The van der Waals surface area contributed by atoms with Crippen LogP contribution in [0.3, 0.4) is 0 Å². The number of anilines is 1. The molecule has 0 fully saturated rings. The van der Waals surface area contributed by atoms with E-state index >= 15 is 0 Å². The number of carbonyl (C=O) groups is 3. The van der Waals surface area contributed by atoms with E-state index < -0.39 is 28.5 Å². The van der Waals surface area contributed by atoms with Gasteiger partial charge in [-0.15, -0.1) is 0 Å². The lowest BCUT2D eigenvalue weighted by Gasteiger charge is -2.32. The van der Waals surface area contributed by atoms with Crippen molar-refractivity contribution in [1.82, 2.24) is 10.2 Å². The number of nitrogens with one attached hydrogen (secondary N) is 1. The molecule has 0 heterocycles. The van der Waals surface area contributed by atoms with Gasteiger partial charge in [0, 0.05) is 24.2 Å². The predicted molar refractivity (Wildman–Crippen MR) is 129 cm³/mol. The fraction of sp³-hybridized carbons (Fsp3) is 0.348. The maximum absolute atomic E-state index is 13.5. The van der Waals surface area contributed by atoms with Crippen LogP contribution in [0.25, 0.3) is 0 Å². The summed E-state index contributed by atoms with van der Waals surface area (Å²) in [4.78, 5) is 39.1. The van der Waals surface area contributed by atoms with Crippen LogP contribution in [0.1, 0.15) is 36.2 Å². The second kappa shape index (κ2) is 11.3. The highest BCUT2D eigenvalue weighted by Gasteiger charge is 2.31. The standard InChI is InChI=1S/C23H28ClN3O5S/c1-5-21(23(30)25-3)26(14-18-9-6-7-12-20(18)24)22(29)15-27(33(4,31)32)19-11-8-10-17(13-19)16(2)28/h6-13,21H,5,14-15H2,1-4H3,(H,25,30)/t21-/m1/s1. The number of rotatable bonds is 10. The van der Waals surface area contributed by atoms with Gasteiger partial charge in [0.15, 0.2) is 5.78 Å². The molecule has 1 atom stereocenters. The zero-order chi connectivity index (χ0) is 24.8. The molecule has 8 nitrogen and oxygen atoms in total. The van der Waals surface area contributed by atoms with Gasteiger partial charge in [0.25, 0.3) is 0 Å². The zero-order valence-corrected chi connectivity index (χ0v) is 20.6. The van der Waals surface area contributed by atoms with Gasteiger partial charge in [-0.3, -0.25) is 18.7 Å². The summed E-state index contributed by atoms with van der Waals surface area (Å²) in [5.41, 5.74) is 1.13. The molecule has 0 bridgehead atoms. The molecule has 0 saturated heterocycles. The maximum atomic E-state index is 13.5. The Kier molecular flexibility index (Phi) is 9.01. The fourth-order valence-electron chi connectivity index (χ4n) is 3.39. The summed E-state index contributed by atoms with van der Waals surface area (Å²) in [7, 11) is -2.41. The first-order valence-electron chi connectivity index (χ1n) is 10.3. The molecular weight excluding hydrogens is 466 g/mol. The number of benzene rings is 2. The van der Waals surface area contributed by atoms with Crippen LogP contribution in [0.15, 0.2) is 48.5 Å². The molecule has 178 valence electrons. The third-order valence-electron chi connectivity index (χ3n) is 5.15. The SMILES string of the molecule is CC[C@H](C(=O)NC)N(Cc1ccccc1Cl)C(=O)CN(c1cccc(C(C)=O)c1)S(C)(=O)=O. The summed E-state index contributed by atoms with van der Waals surface area (Å²) in [6.45, 7) is 2.61. The predicted octanol–water partition coefficient (Wildman–Crippen LogP) is 2.86. The molecule has 0 spiro atoms. The van der Waals surface area contributed by atoms with E-state index in [1.807, 2.05) is 0 Å². The Morgan fingerprint density at radius 1 is 1.09 bits per heavy atom. The number of carbonyl (C=O) groups excluding carboxylic acids is 3. The largest absolute Gasteiger partial charge is 0.357 e. The Labute approximate surface area is 199 Å². The van der Waals surface area contributed by atoms with Crippen LogP contribution in [-0.4, -0.2) is 56.8 Å². The van der Waals surface area contributed by atoms with Gasteiger partial charge < -0.3 is 10.2 Å². The van der Waals surface area contributed by atoms with E-state index in [4.69, 9.17) is 11.6 Å². The Balaban J connectivity index is 2.48. The minimum absolute atomic E-state index is 0.0233. The Morgan fingerprint density at radius 3 is 2.30 bits per heavy atom. The van der Waals surface area contributed by atoms with E-state index in [0.717, 1.165) is 10.6 Å². The second-order valence-corrected chi connectivity index (χ2v) is 9.84. The lowest BCUT2D eigenvalue weighted by molar-refractivity contribution is -0.140. The van der Waals surface area contributed by atoms with Gasteiger partial charge in [0.2, 0.25) is 21.8 Å². The summed E-state index contributed by atoms with van der Waals surface area (Å²) in [6.07, 6.45) is 1.30. The molecule has 0 aromatic heterocycles. The van der Waals surface area contributed by atoms with E-state index in [1.54, 1.807) is 43.3 Å². The van der Waals surface area contributed by atoms with Gasteiger partial charge in [-0.2, -0.15) is 0 Å². The molecule has 33 heavy (non-hydrogen) atoms. The molecule has 10 heteroatoms. The average Bonchev–Trinajstić information content (AvgIpc) is 2.77. The van der Waals surface area contributed by atoms with Crippen molar-refractivity contribution in [3.05, 3.63) is 64.7 Å². The highest BCUT2D eigenvalue weighted by molar-refractivity contribution is 7.92. The fourth-order valence-corrected chi connectivity index (χ4v) is 4.43. The number of ketones is 1. The van der Waals surface area contributed by atoms with Gasteiger partial charge in [-0.1, -0.05) is 48.9 Å². The van der Waals surface area contributed by atoms with Crippen molar-refractivity contribution in [3.8, 4) is 0 Å². The number of sulfonamides is 1. The normalized spacial score (nSPS) is 12.0. The number of Topliss-reactive ketones (excluding diaryl/α,β-unsaturated/α-hetero) is 1. The third kappa shape index (κ3) is 6.79. The molecule has 2 aromatic carbocycles. The van der Waals surface area contributed by atoms with Crippen molar-refractivity contribution in [2.24, 2.45) is 0 Å². The minimum atomic E-state index is -3.88. The Bertz CT molecular complexity index is 1140. The highest BCUT2D eigenvalue weighted by atomic mass is 35.5. The molecule has 2 amide bonds. The van der Waals surface area contributed by atoms with Crippen molar-refractivity contribution in [2.75, 3.05) is 24.2 Å². The molecule has 0 aliphatic rings. The van der Waals surface area contributed by atoms with Crippen LogP contribution in [0.2, 0.25) is 5.02 Å². The van der Waals surface area contributed by atoms with Gasteiger partial charge in [-0.25, -0.2) is 8.42 Å². The third-order valence-corrected chi connectivity index (χ3v) is 6.66. The van der Waals surface area contributed by atoms with Crippen LogP contribution >= 0.6 is 11.6 Å². The first-order valence-corrected chi connectivity index (χ1v) is 12.5. The van der Waals surface area contributed by atoms with Crippen molar-refractivity contribution < 1.29 is 22.8 Å². The molecule has 0 aliphatic heterocycles. The highest BCUT2D eigenvalue weighted by Crippen LogP contribution is 2.23. The number of likely N-dealkylation sites (N-methyl/N-ethyl adjacent to an activating group) is 1. The van der Waals surface area contributed by atoms with E-state index in [-0.39, 0.29) is 23.9 Å². The molecule has 1 N–H and O–H groups in total. The number of halogens is 1. The van der Waals surface area contributed by atoms with Gasteiger partial charge >= 0.3 is 0 Å². The molecule has 0 radical (unpaired) electrons. The van der Waals surface area contributed by atoms with Crippen LogP contribution in [0, 0.1) is 0 Å². The molecule has 2 aromatic rings. The average molecular weight is 494 g/mol.